The topological polar surface area (TPSA) is 69.7 Å². The van der Waals surface area contributed by atoms with Crippen LogP contribution in [0.2, 0.25) is 0 Å². The van der Waals surface area contributed by atoms with E-state index in [4.69, 9.17) is 0 Å². The Kier molecular flexibility index (Phi) is 3.90. The van der Waals surface area contributed by atoms with Crippen molar-refractivity contribution in [3.63, 3.8) is 0 Å². The number of nitrogens with zero attached hydrogens (tertiary/aromatic N) is 4. The lowest BCUT2D eigenvalue weighted by atomic mass is 10.0. The van der Waals surface area contributed by atoms with Gasteiger partial charge in [0.25, 0.3) is 0 Å². The first-order chi connectivity index (χ1) is 11.4. The van der Waals surface area contributed by atoms with E-state index in [1.165, 1.54) is 5.56 Å². The fourth-order valence-electron chi connectivity index (χ4n) is 3.13. The minimum absolute atomic E-state index is 0.556. The Balaban J connectivity index is 1.31. The molecule has 1 saturated heterocycles. The molecule has 23 heavy (non-hydrogen) atoms. The normalized spacial score (nSPS) is 16.1. The SMILES string of the molecule is c1cnnc(N2CCC(NCc3ccc4nc[nH]c4c3)CC2)c1. The van der Waals surface area contributed by atoms with Crippen LogP contribution in [-0.2, 0) is 6.54 Å². The summed E-state index contributed by atoms with van der Waals surface area (Å²) in [5.74, 6) is 0.982. The van der Waals surface area contributed by atoms with Gasteiger partial charge in [0.2, 0.25) is 0 Å². The Morgan fingerprint density at radius 2 is 2.13 bits per heavy atom. The quantitative estimate of drug-likeness (QED) is 0.772. The van der Waals surface area contributed by atoms with Crippen LogP contribution >= 0.6 is 0 Å². The van der Waals surface area contributed by atoms with Gasteiger partial charge in [0.1, 0.15) is 0 Å². The molecule has 1 fully saturated rings. The number of imidazole rings is 1. The van der Waals surface area contributed by atoms with Crippen molar-refractivity contribution in [3.8, 4) is 0 Å². The molecule has 3 heterocycles. The number of hydrogen-bond acceptors (Lipinski definition) is 5. The highest BCUT2D eigenvalue weighted by Crippen LogP contribution is 2.17. The van der Waals surface area contributed by atoms with Gasteiger partial charge in [-0.3, -0.25) is 0 Å². The summed E-state index contributed by atoms with van der Waals surface area (Å²) < 4.78 is 0. The molecule has 0 saturated carbocycles. The average molecular weight is 308 g/mol. The first kappa shape index (κ1) is 14.1. The number of piperidine rings is 1. The molecule has 0 radical (unpaired) electrons. The van der Waals surface area contributed by atoms with Gasteiger partial charge in [0.15, 0.2) is 5.82 Å². The van der Waals surface area contributed by atoms with Crippen molar-refractivity contribution in [2.24, 2.45) is 0 Å². The Hall–Kier alpha value is -2.47. The van der Waals surface area contributed by atoms with Crippen LogP contribution in [0.3, 0.4) is 0 Å². The predicted octanol–water partition coefficient (Wildman–Crippen LogP) is 2.11. The van der Waals surface area contributed by atoms with E-state index in [-0.39, 0.29) is 0 Å². The molecule has 1 aromatic carbocycles. The first-order valence-electron chi connectivity index (χ1n) is 8.06. The maximum absolute atomic E-state index is 4.25. The maximum atomic E-state index is 4.25. The van der Waals surface area contributed by atoms with E-state index >= 15 is 0 Å². The number of hydrogen-bond donors (Lipinski definition) is 2. The zero-order valence-electron chi connectivity index (χ0n) is 12.9. The van der Waals surface area contributed by atoms with Crippen LogP contribution < -0.4 is 10.2 Å². The summed E-state index contributed by atoms with van der Waals surface area (Å²) in [5, 5.41) is 11.8. The lowest BCUT2D eigenvalue weighted by Crippen LogP contribution is -2.42. The number of aromatic nitrogens is 4. The lowest BCUT2D eigenvalue weighted by molar-refractivity contribution is 0.412. The minimum Gasteiger partial charge on any atom is -0.355 e. The lowest BCUT2D eigenvalue weighted by Gasteiger charge is -2.33. The molecule has 0 atom stereocenters. The molecule has 0 aliphatic carbocycles. The Morgan fingerprint density at radius 1 is 1.22 bits per heavy atom. The molecule has 2 N–H and O–H groups in total. The smallest absolute Gasteiger partial charge is 0.151 e. The molecule has 0 spiro atoms. The zero-order valence-corrected chi connectivity index (χ0v) is 12.9. The Labute approximate surface area is 135 Å². The van der Waals surface area contributed by atoms with E-state index in [9.17, 15) is 0 Å². The first-order valence-corrected chi connectivity index (χ1v) is 8.06. The highest BCUT2D eigenvalue weighted by molar-refractivity contribution is 5.74. The van der Waals surface area contributed by atoms with Crippen molar-refractivity contribution in [3.05, 3.63) is 48.4 Å². The Bertz CT molecular complexity index is 761. The molecular formula is C17H20N6. The fourth-order valence-corrected chi connectivity index (χ4v) is 3.13. The second-order valence-electron chi connectivity index (χ2n) is 5.98. The molecule has 3 aromatic rings. The van der Waals surface area contributed by atoms with Crippen LogP contribution in [-0.4, -0.2) is 39.3 Å². The number of aromatic amines is 1. The van der Waals surface area contributed by atoms with Crippen LogP contribution in [0.1, 0.15) is 18.4 Å². The number of rotatable bonds is 4. The van der Waals surface area contributed by atoms with Crippen molar-refractivity contribution in [1.29, 1.82) is 0 Å². The molecule has 6 heteroatoms. The number of benzene rings is 1. The second-order valence-corrected chi connectivity index (χ2v) is 5.98. The summed E-state index contributed by atoms with van der Waals surface area (Å²) in [5.41, 5.74) is 3.41. The molecule has 0 unspecified atom stereocenters. The monoisotopic (exact) mass is 308 g/mol. The van der Waals surface area contributed by atoms with Crippen LogP contribution in [0, 0.1) is 0 Å². The standard InChI is InChI=1S/C17H20N6/c1-2-17(22-21-7-1)23-8-5-14(6-9-23)18-11-13-3-4-15-16(10-13)20-12-19-15/h1-4,7,10,12,14,18H,5-6,8-9,11H2,(H,19,20). The van der Waals surface area contributed by atoms with Gasteiger partial charge in [-0.1, -0.05) is 6.07 Å². The summed E-state index contributed by atoms with van der Waals surface area (Å²) in [6.07, 6.45) is 5.71. The number of nitrogens with one attached hydrogen (secondary N) is 2. The number of fused-ring (bicyclic) bond motifs is 1. The van der Waals surface area contributed by atoms with Crippen LogP contribution in [0.15, 0.2) is 42.9 Å². The van der Waals surface area contributed by atoms with Crippen LogP contribution in [0.5, 0.6) is 0 Å². The molecule has 0 amide bonds. The molecule has 1 aliphatic heterocycles. The van der Waals surface area contributed by atoms with Gasteiger partial charge in [-0.05, 0) is 42.7 Å². The molecular weight excluding hydrogens is 288 g/mol. The van der Waals surface area contributed by atoms with E-state index in [1.54, 1.807) is 12.5 Å². The largest absolute Gasteiger partial charge is 0.355 e. The third kappa shape index (κ3) is 3.17. The third-order valence-corrected chi connectivity index (χ3v) is 4.46. The highest BCUT2D eigenvalue weighted by atomic mass is 15.3. The van der Waals surface area contributed by atoms with E-state index in [2.05, 4.69) is 48.6 Å². The summed E-state index contributed by atoms with van der Waals surface area (Å²) in [6, 6.07) is 10.9. The van der Waals surface area contributed by atoms with Crippen molar-refractivity contribution in [2.75, 3.05) is 18.0 Å². The predicted molar refractivity (Wildman–Crippen MR) is 90.2 cm³/mol. The van der Waals surface area contributed by atoms with Crippen molar-refractivity contribution < 1.29 is 0 Å². The third-order valence-electron chi connectivity index (χ3n) is 4.46. The zero-order chi connectivity index (χ0) is 15.5. The van der Waals surface area contributed by atoms with Gasteiger partial charge in [-0.2, -0.15) is 5.10 Å². The van der Waals surface area contributed by atoms with E-state index in [0.717, 1.165) is 49.3 Å². The summed E-state index contributed by atoms with van der Waals surface area (Å²) in [4.78, 5) is 9.73. The van der Waals surface area contributed by atoms with E-state index < -0.39 is 0 Å². The van der Waals surface area contributed by atoms with Gasteiger partial charge in [-0.15, -0.1) is 5.10 Å². The van der Waals surface area contributed by atoms with Crippen molar-refractivity contribution in [1.82, 2.24) is 25.5 Å². The second kappa shape index (κ2) is 6.34. The van der Waals surface area contributed by atoms with Gasteiger partial charge in [0.05, 0.1) is 17.4 Å². The van der Waals surface area contributed by atoms with Gasteiger partial charge >= 0.3 is 0 Å². The fraction of sp³-hybridized carbons (Fsp3) is 0.353. The maximum Gasteiger partial charge on any atom is 0.151 e. The molecule has 2 aromatic heterocycles. The van der Waals surface area contributed by atoms with Crippen LogP contribution in [0.4, 0.5) is 5.82 Å². The van der Waals surface area contributed by atoms with E-state index in [1.807, 2.05) is 12.1 Å². The highest BCUT2D eigenvalue weighted by Gasteiger charge is 2.19. The van der Waals surface area contributed by atoms with Gasteiger partial charge in [-0.25, -0.2) is 4.98 Å². The van der Waals surface area contributed by atoms with Crippen LogP contribution in [0.25, 0.3) is 11.0 Å². The average Bonchev–Trinajstić information content (AvgIpc) is 3.09. The summed E-state index contributed by atoms with van der Waals surface area (Å²) in [7, 11) is 0. The van der Waals surface area contributed by atoms with Crippen molar-refractivity contribution in [2.45, 2.75) is 25.4 Å². The summed E-state index contributed by atoms with van der Waals surface area (Å²) in [6.45, 7) is 2.94. The van der Waals surface area contributed by atoms with Gasteiger partial charge < -0.3 is 15.2 Å². The molecule has 118 valence electrons. The minimum atomic E-state index is 0.556. The molecule has 4 rings (SSSR count). The van der Waals surface area contributed by atoms with Crippen molar-refractivity contribution >= 4 is 16.9 Å². The summed E-state index contributed by atoms with van der Waals surface area (Å²) >= 11 is 0. The molecule has 1 aliphatic rings. The molecule has 6 nitrogen and oxygen atoms in total. The number of H-pyrrole nitrogens is 1. The Morgan fingerprint density at radius 3 is 2.96 bits per heavy atom. The van der Waals surface area contributed by atoms with Gasteiger partial charge in [0, 0.05) is 31.9 Å². The van der Waals surface area contributed by atoms with E-state index in [0.29, 0.717) is 6.04 Å². The molecule has 0 bridgehead atoms. The number of anilines is 1.